The molecule has 1 aliphatic rings. The molecule has 1 aliphatic heterocycles. The highest BCUT2D eigenvalue weighted by atomic mass is 32.1. The maximum Gasteiger partial charge on any atom is 0.278 e. The van der Waals surface area contributed by atoms with Crippen molar-refractivity contribution in [2.45, 2.75) is 6.92 Å². The molecule has 2 aromatic heterocycles. The van der Waals surface area contributed by atoms with Crippen molar-refractivity contribution in [1.82, 2.24) is 20.0 Å². The molecule has 10 heteroatoms. The molecule has 4 aromatic rings. The van der Waals surface area contributed by atoms with Gasteiger partial charge in [0.15, 0.2) is 10.8 Å². The van der Waals surface area contributed by atoms with Crippen molar-refractivity contribution in [1.29, 1.82) is 0 Å². The maximum atomic E-state index is 13.2. The van der Waals surface area contributed by atoms with Crippen LogP contribution < -0.4 is 10.2 Å². The van der Waals surface area contributed by atoms with Gasteiger partial charge >= 0.3 is 0 Å². The third-order valence-corrected chi connectivity index (χ3v) is 6.18. The number of amides is 1. The Bertz CT molecular complexity index is 1250. The third-order valence-electron chi connectivity index (χ3n) is 5.10. The molecule has 2 aromatic carbocycles. The summed E-state index contributed by atoms with van der Waals surface area (Å²) in [6.45, 7) is 4.81. The minimum Gasteiger partial charge on any atom is -0.378 e. The summed E-state index contributed by atoms with van der Waals surface area (Å²) in [4.78, 5) is 19.7. The average Bonchev–Trinajstić information content (AvgIpc) is 3.38. The number of carbonyl (C=O) groups is 1. The van der Waals surface area contributed by atoms with Crippen molar-refractivity contribution in [2.75, 3.05) is 36.5 Å². The molecule has 0 atom stereocenters. The first-order valence-electron chi connectivity index (χ1n) is 9.81. The maximum absolute atomic E-state index is 13.2. The van der Waals surface area contributed by atoms with E-state index in [1.807, 2.05) is 18.2 Å². The predicted octanol–water partition coefficient (Wildman–Crippen LogP) is 3.41. The number of carbonyl (C=O) groups excluding carboxylic acids is 1. The zero-order chi connectivity index (χ0) is 21.4. The van der Waals surface area contributed by atoms with Gasteiger partial charge in [0.05, 0.1) is 34.8 Å². The zero-order valence-corrected chi connectivity index (χ0v) is 17.5. The predicted molar refractivity (Wildman–Crippen MR) is 117 cm³/mol. The number of fused-ring (bicyclic) bond motifs is 1. The molecule has 0 unspecified atom stereocenters. The Kier molecular flexibility index (Phi) is 5.08. The number of anilines is 2. The van der Waals surface area contributed by atoms with Gasteiger partial charge in [0.2, 0.25) is 0 Å². The number of nitrogens with zero attached hydrogens (tertiary/aromatic N) is 5. The Labute approximate surface area is 181 Å². The molecule has 0 bridgehead atoms. The SMILES string of the molecule is Cc1c(C(=O)Nc2ccc3nc(N4CCOCC4)sc3c2)nnn1-c1ccc(F)cc1. The van der Waals surface area contributed by atoms with Crippen LogP contribution in [0.5, 0.6) is 0 Å². The van der Waals surface area contributed by atoms with Crippen LogP contribution in [-0.4, -0.2) is 52.2 Å². The third kappa shape index (κ3) is 3.87. The van der Waals surface area contributed by atoms with Crippen LogP contribution in [0.2, 0.25) is 0 Å². The molecular weight excluding hydrogens is 419 g/mol. The Morgan fingerprint density at radius 3 is 2.71 bits per heavy atom. The molecular formula is C21H19FN6O2S. The molecule has 158 valence electrons. The molecule has 1 N–H and O–H groups in total. The summed E-state index contributed by atoms with van der Waals surface area (Å²) >= 11 is 1.59. The van der Waals surface area contributed by atoms with Gasteiger partial charge in [0, 0.05) is 18.8 Å². The summed E-state index contributed by atoms with van der Waals surface area (Å²) in [7, 11) is 0. The van der Waals surface area contributed by atoms with Crippen LogP contribution in [-0.2, 0) is 4.74 Å². The van der Waals surface area contributed by atoms with Gasteiger partial charge in [-0.15, -0.1) is 5.10 Å². The van der Waals surface area contributed by atoms with Gasteiger partial charge in [0.1, 0.15) is 5.82 Å². The van der Waals surface area contributed by atoms with E-state index in [2.05, 4.69) is 20.5 Å². The largest absolute Gasteiger partial charge is 0.378 e. The number of hydrogen-bond donors (Lipinski definition) is 1. The van der Waals surface area contributed by atoms with Gasteiger partial charge in [-0.3, -0.25) is 4.79 Å². The topological polar surface area (TPSA) is 85.2 Å². The number of halogens is 1. The average molecular weight is 438 g/mol. The number of rotatable bonds is 4. The fourth-order valence-electron chi connectivity index (χ4n) is 3.44. The van der Waals surface area contributed by atoms with E-state index in [0.717, 1.165) is 28.4 Å². The molecule has 1 amide bonds. The summed E-state index contributed by atoms with van der Waals surface area (Å²) in [6.07, 6.45) is 0. The number of aromatic nitrogens is 4. The lowest BCUT2D eigenvalue weighted by Gasteiger charge is -2.25. The van der Waals surface area contributed by atoms with Gasteiger partial charge in [-0.05, 0) is 49.4 Å². The van der Waals surface area contributed by atoms with Crippen molar-refractivity contribution in [3.63, 3.8) is 0 Å². The van der Waals surface area contributed by atoms with Gasteiger partial charge in [-0.1, -0.05) is 16.6 Å². The van der Waals surface area contributed by atoms with E-state index >= 15 is 0 Å². The number of ether oxygens (including phenoxy) is 1. The summed E-state index contributed by atoms with van der Waals surface area (Å²) < 4.78 is 21.1. The first-order chi connectivity index (χ1) is 15.1. The molecule has 8 nitrogen and oxygen atoms in total. The van der Waals surface area contributed by atoms with Crippen molar-refractivity contribution in [3.05, 3.63) is 59.7 Å². The molecule has 0 aliphatic carbocycles. The normalized spacial score (nSPS) is 14.2. The minimum absolute atomic E-state index is 0.211. The van der Waals surface area contributed by atoms with Gasteiger partial charge in [0.25, 0.3) is 5.91 Å². The van der Waals surface area contributed by atoms with Gasteiger partial charge in [-0.25, -0.2) is 14.1 Å². The summed E-state index contributed by atoms with van der Waals surface area (Å²) in [5, 5.41) is 11.9. The highest BCUT2D eigenvalue weighted by Gasteiger charge is 2.19. The fourth-order valence-corrected chi connectivity index (χ4v) is 4.49. The first kappa shape index (κ1) is 19.6. The van der Waals surface area contributed by atoms with E-state index in [-0.39, 0.29) is 17.4 Å². The van der Waals surface area contributed by atoms with Crippen molar-refractivity contribution >= 4 is 38.3 Å². The number of thiazole rings is 1. The Hall–Kier alpha value is -3.37. The van der Waals surface area contributed by atoms with Crippen LogP contribution in [0.15, 0.2) is 42.5 Å². The van der Waals surface area contributed by atoms with E-state index in [1.165, 1.54) is 16.8 Å². The highest BCUT2D eigenvalue weighted by Crippen LogP contribution is 2.31. The number of nitrogens with one attached hydrogen (secondary N) is 1. The quantitative estimate of drug-likeness (QED) is 0.526. The number of benzene rings is 2. The fraction of sp³-hybridized carbons (Fsp3) is 0.238. The second-order valence-corrected chi connectivity index (χ2v) is 8.15. The van der Waals surface area contributed by atoms with E-state index in [0.29, 0.717) is 30.3 Å². The molecule has 31 heavy (non-hydrogen) atoms. The number of hydrogen-bond acceptors (Lipinski definition) is 7. The van der Waals surface area contributed by atoms with Crippen LogP contribution >= 0.6 is 11.3 Å². The Morgan fingerprint density at radius 1 is 1.16 bits per heavy atom. The highest BCUT2D eigenvalue weighted by molar-refractivity contribution is 7.22. The lowest BCUT2D eigenvalue weighted by Crippen LogP contribution is -2.36. The molecule has 1 fully saturated rings. The summed E-state index contributed by atoms with van der Waals surface area (Å²) in [5.74, 6) is -0.696. The standard InChI is InChI=1S/C21H19FN6O2S/c1-13-19(25-26-28(13)16-5-2-14(22)3-6-16)20(29)23-15-4-7-17-18(12-15)31-21(24-17)27-8-10-30-11-9-27/h2-7,12H,8-11H2,1H3,(H,23,29). The Morgan fingerprint density at radius 2 is 1.94 bits per heavy atom. The van der Waals surface area contributed by atoms with Crippen molar-refractivity contribution < 1.29 is 13.9 Å². The van der Waals surface area contributed by atoms with E-state index in [4.69, 9.17) is 9.72 Å². The van der Waals surface area contributed by atoms with E-state index in [1.54, 1.807) is 30.4 Å². The molecule has 3 heterocycles. The summed E-state index contributed by atoms with van der Waals surface area (Å²) in [5.41, 5.74) is 2.96. The zero-order valence-electron chi connectivity index (χ0n) is 16.7. The van der Waals surface area contributed by atoms with E-state index in [9.17, 15) is 9.18 Å². The monoisotopic (exact) mass is 438 g/mol. The van der Waals surface area contributed by atoms with Crippen LogP contribution in [0.4, 0.5) is 15.2 Å². The lowest BCUT2D eigenvalue weighted by molar-refractivity contribution is 0.102. The van der Waals surface area contributed by atoms with Gasteiger partial charge < -0.3 is 15.0 Å². The van der Waals surface area contributed by atoms with Crippen LogP contribution in [0.25, 0.3) is 15.9 Å². The first-order valence-corrected chi connectivity index (χ1v) is 10.6. The second-order valence-electron chi connectivity index (χ2n) is 7.14. The molecule has 0 saturated carbocycles. The van der Waals surface area contributed by atoms with Crippen molar-refractivity contribution in [3.8, 4) is 5.69 Å². The second kappa shape index (κ2) is 8.05. The Balaban J connectivity index is 1.36. The smallest absolute Gasteiger partial charge is 0.278 e. The molecule has 0 spiro atoms. The number of morpholine rings is 1. The molecule has 1 saturated heterocycles. The summed E-state index contributed by atoms with van der Waals surface area (Å²) in [6, 6.07) is 11.5. The molecule has 0 radical (unpaired) electrons. The van der Waals surface area contributed by atoms with Crippen LogP contribution in [0.3, 0.4) is 0 Å². The van der Waals surface area contributed by atoms with Crippen LogP contribution in [0, 0.1) is 12.7 Å². The lowest BCUT2D eigenvalue weighted by atomic mass is 10.2. The van der Waals surface area contributed by atoms with E-state index < -0.39 is 0 Å². The minimum atomic E-state index is -0.358. The van der Waals surface area contributed by atoms with Crippen LogP contribution in [0.1, 0.15) is 16.2 Å². The van der Waals surface area contributed by atoms with Crippen molar-refractivity contribution in [2.24, 2.45) is 0 Å². The molecule has 5 rings (SSSR count). The van der Waals surface area contributed by atoms with Gasteiger partial charge in [-0.2, -0.15) is 0 Å².